The molecule has 0 radical (unpaired) electrons. The average molecular weight is 224 g/mol. The van der Waals surface area contributed by atoms with E-state index in [1.165, 1.54) is 23.3 Å². The van der Waals surface area contributed by atoms with Crippen molar-refractivity contribution in [3.63, 3.8) is 0 Å². The SMILES string of the molecule is CN(C)C(=O)NC1CCCc2sccc21. The number of hydrogen-bond donors (Lipinski definition) is 1. The van der Waals surface area contributed by atoms with Gasteiger partial charge < -0.3 is 10.2 Å². The third-order valence-electron chi connectivity index (χ3n) is 2.76. The third-order valence-corrected chi connectivity index (χ3v) is 3.75. The van der Waals surface area contributed by atoms with E-state index in [2.05, 4.69) is 16.8 Å². The van der Waals surface area contributed by atoms with Crippen molar-refractivity contribution in [2.24, 2.45) is 0 Å². The monoisotopic (exact) mass is 224 g/mol. The summed E-state index contributed by atoms with van der Waals surface area (Å²) in [7, 11) is 3.54. The minimum atomic E-state index is -0.000880. The molecule has 0 bridgehead atoms. The summed E-state index contributed by atoms with van der Waals surface area (Å²) in [5.74, 6) is 0. The van der Waals surface area contributed by atoms with Crippen LogP contribution in [0.5, 0.6) is 0 Å². The van der Waals surface area contributed by atoms with Crippen molar-refractivity contribution < 1.29 is 4.79 Å². The van der Waals surface area contributed by atoms with Crippen LogP contribution in [0.3, 0.4) is 0 Å². The smallest absolute Gasteiger partial charge is 0.317 e. The zero-order chi connectivity index (χ0) is 10.8. The van der Waals surface area contributed by atoms with Gasteiger partial charge in [-0.05, 0) is 36.3 Å². The molecule has 1 unspecified atom stereocenters. The van der Waals surface area contributed by atoms with Crippen LogP contribution < -0.4 is 5.32 Å². The van der Waals surface area contributed by atoms with Crippen LogP contribution in [-0.4, -0.2) is 25.0 Å². The number of aryl methyl sites for hydroxylation is 1. The molecule has 0 saturated heterocycles. The minimum absolute atomic E-state index is 0.000880. The lowest BCUT2D eigenvalue weighted by molar-refractivity contribution is 0.212. The molecule has 4 heteroatoms. The van der Waals surface area contributed by atoms with Crippen molar-refractivity contribution in [3.05, 3.63) is 21.9 Å². The Bertz CT molecular complexity index is 359. The molecule has 3 nitrogen and oxygen atoms in total. The molecule has 1 aliphatic rings. The van der Waals surface area contributed by atoms with E-state index in [1.54, 1.807) is 30.3 Å². The first-order valence-corrected chi connectivity index (χ1v) is 6.10. The summed E-state index contributed by atoms with van der Waals surface area (Å²) < 4.78 is 0. The van der Waals surface area contributed by atoms with Crippen molar-refractivity contribution in [2.75, 3.05) is 14.1 Å². The van der Waals surface area contributed by atoms with Crippen LogP contribution in [0.4, 0.5) is 4.79 Å². The van der Waals surface area contributed by atoms with Crippen molar-refractivity contribution in [3.8, 4) is 0 Å². The number of hydrogen-bond acceptors (Lipinski definition) is 2. The van der Waals surface area contributed by atoms with Crippen molar-refractivity contribution in [2.45, 2.75) is 25.3 Å². The summed E-state index contributed by atoms with van der Waals surface area (Å²) in [6.07, 6.45) is 3.40. The average Bonchev–Trinajstić information content (AvgIpc) is 2.66. The van der Waals surface area contributed by atoms with Crippen LogP contribution in [0.2, 0.25) is 0 Å². The lowest BCUT2D eigenvalue weighted by atomic mass is 9.94. The van der Waals surface area contributed by atoms with E-state index in [4.69, 9.17) is 0 Å². The second-order valence-corrected chi connectivity index (χ2v) is 5.09. The maximum atomic E-state index is 11.6. The fourth-order valence-electron chi connectivity index (χ4n) is 1.91. The number of thiophene rings is 1. The summed E-state index contributed by atoms with van der Waals surface area (Å²) in [5, 5.41) is 5.17. The molecule has 0 aliphatic heterocycles. The summed E-state index contributed by atoms with van der Waals surface area (Å²) >= 11 is 1.80. The normalized spacial score (nSPS) is 19.5. The first-order valence-electron chi connectivity index (χ1n) is 5.22. The summed E-state index contributed by atoms with van der Waals surface area (Å²) in [4.78, 5) is 14.6. The van der Waals surface area contributed by atoms with E-state index >= 15 is 0 Å². The van der Waals surface area contributed by atoms with Crippen LogP contribution >= 0.6 is 11.3 Å². The van der Waals surface area contributed by atoms with Gasteiger partial charge in [0.2, 0.25) is 0 Å². The summed E-state index contributed by atoms with van der Waals surface area (Å²) in [6, 6.07) is 2.36. The van der Waals surface area contributed by atoms with E-state index < -0.39 is 0 Å². The van der Waals surface area contributed by atoms with Gasteiger partial charge in [0.25, 0.3) is 0 Å². The topological polar surface area (TPSA) is 32.3 Å². The molecule has 0 spiro atoms. The number of amides is 2. The van der Waals surface area contributed by atoms with Gasteiger partial charge in [0.1, 0.15) is 0 Å². The maximum Gasteiger partial charge on any atom is 0.317 e. The fourth-order valence-corrected chi connectivity index (χ4v) is 2.90. The molecule has 2 amide bonds. The fraction of sp³-hybridized carbons (Fsp3) is 0.545. The van der Waals surface area contributed by atoms with Crippen molar-refractivity contribution in [1.82, 2.24) is 10.2 Å². The van der Waals surface area contributed by atoms with Crippen molar-refractivity contribution in [1.29, 1.82) is 0 Å². The second-order valence-electron chi connectivity index (χ2n) is 4.09. The second kappa shape index (κ2) is 4.23. The Morgan fingerprint density at radius 2 is 2.40 bits per heavy atom. The van der Waals surface area contributed by atoms with Crippen molar-refractivity contribution >= 4 is 17.4 Å². The van der Waals surface area contributed by atoms with E-state index in [1.807, 2.05) is 0 Å². The van der Waals surface area contributed by atoms with Gasteiger partial charge in [-0.2, -0.15) is 0 Å². The van der Waals surface area contributed by atoms with Gasteiger partial charge in [0.05, 0.1) is 6.04 Å². The largest absolute Gasteiger partial charge is 0.331 e. The molecule has 1 aromatic heterocycles. The number of nitrogens with zero attached hydrogens (tertiary/aromatic N) is 1. The molecule has 1 heterocycles. The standard InChI is InChI=1S/C11H16N2OS/c1-13(2)11(14)12-9-4-3-5-10-8(9)6-7-15-10/h6-7,9H,3-5H2,1-2H3,(H,12,14). The predicted octanol–water partition coefficient (Wildman–Crippen LogP) is 2.40. The maximum absolute atomic E-state index is 11.6. The van der Waals surface area contributed by atoms with Gasteiger partial charge in [0.15, 0.2) is 0 Å². The van der Waals surface area contributed by atoms with E-state index in [-0.39, 0.29) is 12.1 Å². The van der Waals surface area contributed by atoms with Crippen LogP contribution in [0.15, 0.2) is 11.4 Å². The Labute approximate surface area is 94.1 Å². The first kappa shape index (κ1) is 10.5. The number of fused-ring (bicyclic) bond motifs is 1. The Balaban J connectivity index is 2.10. The van der Waals surface area contributed by atoms with Gasteiger partial charge in [0, 0.05) is 19.0 Å². The lowest BCUT2D eigenvalue weighted by Crippen LogP contribution is -2.38. The van der Waals surface area contributed by atoms with Gasteiger partial charge in [-0.1, -0.05) is 0 Å². The third kappa shape index (κ3) is 2.15. The highest BCUT2D eigenvalue weighted by molar-refractivity contribution is 7.10. The molecule has 0 saturated carbocycles. The van der Waals surface area contributed by atoms with Crippen LogP contribution in [-0.2, 0) is 6.42 Å². The number of rotatable bonds is 1. The molecular weight excluding hydrogens is 208 g/mol. The number of nitrogens with one attached hydrogen (secondary N) is 1. The molecule has 2 rings (SSSR count). The van der Waals surface area contributed by atoms with Gasteiger partial charge in [-0.25, -0.2) is 4.79 Å². The number of carbonyl (C=O) groups excluding carboxylic acids is 1. The minimum Gasteiger partial charge on any atom is -0.331 e. The molecule has 1 atom stereocenters. The number of carbonyl (C=O) groups is 1. The Morgan fingerprint density at radius 3 is 3.13 bits per heavy atom. The molecule has 0 fully saturated rings. The van der Waals surface area contributed by atoms with Crippen LogP contribution in [0.25, 0.3) is 0 Å². The molecule has 1 aliphatic carbocycles. The summed E-state index contributed by atoms with van der Waals surface area (Å²) in [5.41, 5.74) is 1.32. The highest BCUT2D eigenvalue weighted by Crippen LogP contribution is 2.33. The van der Waals surface area contributed by atoms with Gasteiger partial charge in [-0.3, -0.25) is 0 Å². The molecule has 1 N–H and O–H groups in total. The van der Waals surface area contributed by atoms with E-state index in [9.17, 15) is 4.79 Å². The molecule has 82 valence electrons. The Morgan fingerprint density at radius 1 is 1.60 bits per heavy atom. The molecule has 0 aromatic carbocycles. The highest BCUT2D eigenvalue weighted by Gasteiger charge is 2.22. The highest BCUT2D eigenvalue weighted by atomic mass is 32.1. The zero-order valence-corrected chi connectivity index (χ0v) is 9.93. The first-order chi connectivity index (χ1) is 7.18. The van der Waals surface area contributed by atoms with E-state index in [0.29, 0.717) is 0 Å². The van der Waals surface area contributed by atoms with E-state index in [0.717, 1.165) is 6.42 Å². The Hall–Kier alpha value is -1.03. The molecule has 1 aromatic rings. The van der Waals surface area contributed by atoms with Gasteiger partial charge >= 0.3 is 6.03 Å². The Kier molecular flexibility index (Phi) is 2.95. The molecular formula is C11H16N2OS. The van der Waals surface area contributed by atoms with Crippen LogP contribution in [0, 0.1) is 0 Å². The summed E-state index contributed by atoms with van der Waals surface area (Å²) in [6.45, 7) is 0. The zero-order valence-electron chi connectivity index (χ0n) is 9.12. The molecule has 15 heavy (non-hydrogen) atoms. The predicted molar refractivity (Wildman–Crippen MR) is 62.2 cm³/mol. The number of urea groups is 1. The quantitative estimate of drug-likeness (QED) is 0.780. The van der Waals surface area contributed by atoms with Gasteiger partial charge in [-0.15, -0.1) is 11.3 Å². The van der Waals surface area contributed by atoms with Crippen LogP contribution in [0.1, 0.15) is 29.3 Å². The lowest BCUT2D eigenvalue weighted by Gasteiger charge is -2.25.